The zero-order valence-corrected chi connectivity index (χ0v) is 17.7. The maximum Gasteiger partial charge on any atom is 0.277 e. The minimum absolute atomic E-state index is 0.0336. The summed E-state index contributed by atoms with van der Waals surface area (Å²) in [4.78, 5) is 29.8. The fraction of sp³-hybridized carbons (Fsp3) is 0.391. The van der Waals surface area contributed by atoms with Crippen molar-refractivity contribution in [2.75, 3.05) is 56.5 Å². The Morgan fingerprint density at radius 1 is 1.10 bits per heavy atom. The maximum atomic E-state index is 13.1. The molecule has 0 radical (unpaired) electrons. The number of aryl methyl sites for hydroxylation is 1. The van der Waals surface area contributed by atoms with Gasteiger partial charge in [-0.25, -0.2) is 4.39 Å². The lowest BCUT2D eigenvalue weighted by atomic mass is 10.1. The van der Waals surface area contributed by atoms with Crippen LogP contribution >= 0.6 is 0 Å². The standard InChI is InChI=1S/C23H29FN4O2/c1-3-18-6-4-5-7-21(18)25-22(29)16-26(2)23(30)17-27-12-14-28(15-13-27)20-10-8-19(24)9-11-20/h4-11H,3,12-17H2,1-2H3,(H,25,29)/p+1. The third-order valence-corrected chi connectivity index (χ3v) is 5.54. The van der Waals surface area contributed by atoms with Crippen molar-refractivity contribution in [1.82, 2.24) is 4.90 Å². The maximum absolute atomic E-state index is 13.1. The van der Waals surface area contributed by atoms with Gasteiger partial charge in [0.15, 0.2) is 6.54 Å². The van der Waals surface area contributed by atoms with E-state index in [4.69, 9.17) is 0 Å². The summed E-state index contributed by atoms with van der Waals surface area (Å²) < 4.78 is 13.1. The van der Waals surface area contributed by atoms with Crippen molar-refractivity contribution in [3.63, 3.8) is 0 Å². The molecule has 1 heterocycles. The fourth-order valence-corrected chi connectivity index (χ4v) is 3.70. The van der Waals surface area contributed by atoms with Gasteiger partial charge in [0, 0.05) is 18.4 Å². The van der Waals surface area contributed by atoms with Crippen molar-refractivity contribution in [3.05, 3.63) is 59.9 Å². The van der Waals surface area contributed by atoms with Crippen molar-refractivity contribution in [1.29, 1.82) is 0 Å². The van der Waals surface area contributed by atoms with Crippen LogP contribution in [0.25, 0.3) is 0 Å². The third kappa shape index (κ3) is 5.79. The highest BCUT2D eigenvalue weighted by Crippen LogP contribution is 2.15. The number of quaternary nitrogens is 1. The van der Waals surface area contributed by atoms with E-state index in [-0.39, 0.29) is 24.2 Å². The highest BCUT2D eigenvalue weighted by molar-refractivity contribution is 5.95. The molecule has 6 nitrogen and oxygen atoms in total. The summed E-state index contributed by atoms with van der Waals surface area (Å²) in [6, 6.07) is 14.2. The molecule has 160 valence electrons. The van der Waals surface area contributed by atoms with Crippen molar-refractivity contribution in [3.8, 4) is 0 Å². The largest absolute Gasteiger partial charge is 0.360 e. The number of hydrogen-bond donors (Lipinski definition) is 2. The van der Waals surface area contributed by atoms with Gasteiger partial charge in [-0.1, -0.05) is 25.1 Å². The number of carbonyl (C=O) groups excluding carboxylic acids is 2. The molecule has 1 fully saturated rings. The first kappa shape index (κ1) is 21.8. The molecule has 0 atom stereocenters. The van der Waals surface area contributed by atoms with E-state index < -0.39 is 0 Å². The lowest BCUT2D eigenvalue weighted by Crippen LogP contribution is -3.15. The van der Waals surface area contributed by atoms with Crippen LogP contribution in [0.15, 0.2) is 48.5 Å². The number of halogens is 1. The van der Waals surface area contributed by atoms with Crippen molar-refractivity contribution in [2.24, 2.45) is 0 Å². The van der Waals surface area contributed by atoms with Crippen molar-refractivity contribution in [2.45, 2.75) is 13.3 Å². The number of benzene rings is 2. The van der Waals surface area contributed by atoms with Crippen molar-refractivity contribution >= 4 is 23.2 Å². The Balaban J connectivity index is 1.44. The van der Waals surface area contributed by atoms with E-state index in [0.717, 1.165) is 49.5 Å². The van der Waals surface area contributed by atoms with E-state index in [1.165, 1.54) is 21.9 Å². The van der Waals surface area contributed by atoms with Gasteiger partial charge in [-0.2, -0.15) is 0 Å². The second kappa shape index (κ2) is 10.2. The number of nitrogens with one attached hydrogen (secondary N) is 2. The Bertz CT molecular complexity index is 864. The van der Waals surface area contributed by atoms with Gasteiger partial charge in [0.25, 0.3) is 5.91 Å². The Morgan fingerprint density at radius 2 is 1.77 bits per heavy atom. The summed E-state index contributed by atoms with van der Waals surface area (Å²) in [5, 5.41) is 2.91. The summed E-state index contributed by atoms with van der Waals surface area (Å²) in [6.45, 7) is 5.72. The fourth-order valence-electron chi connectivity index (χ4n) is 3.70. The van der Waals surface area contributed by atoms with Crippen LogP contribution in [0, 0.1) is 5.82 Å². The van der Waals surface area contributed by atoms with E-state index >= 15 is 0 Å². The van der Waals surface area contributed by atoms with Gasteiger partial charge in [0.1, 0.15) is 5.82 Å². The third-order valence-electron chi connectivity index (χ3n) is 5.54. The van der Waals surface area contributed by atoms with Crippen LogP contribution in [0.5, 0.6) is 0 Å². The first-order valence-electron chi connectivity index (χ1n) is 10.4. The lowest BCUT2D eigenvalue weighted by Gasteiger charge is -2.33. The Hall–Kier alpha value is -2.93. The summed E-state index contributed by atoms with van der Waals surface area (Å²) in [7, 11) is 1.67. The molecule has 1 aliphatic rings. The number of para-hydroxylation sites is 1. The Labute approximate surface area is 177 Å². The van der Waals surface area contributed by atoms with Gasteiger partial charge in [-0.05, 0) is 42.3 Å². The molecule has 3 rings (SSSR count). The highest BCUT2D eigenvalue weighted by atomic mass is 19.1. The minimum Gasteiger partial charge on any atom is -0.360 e. The zero-order valence-electron chi connectivity index (χ0n) is 17.7. The summed E-state index contributed by atoms with van der Waals surface area (Å²) in [6.07, 6.45) is 0.832. The molecule has 2 amide bonds. The molecule has 30 heavy (non-hydrogen) atoms. The number of amides is 2. The van der Waals surface area contributed by atoms with Gasteiger partial charge in [-0.3, -0.25) is 9.59 Å². The predicted octanol–water partition coefficient (Wildman–Crippen LogP) is 1.19. The predicted molar refractivity (Wildman–Crippen MR) is 116 cm³/mol. The molecule has 1 aliphatic heterocycles. The zero-order chi connectivity index (χ0) is 21.5. The van der Waals surface area contributed by atoms with Gasteiger partial charge < -0.3 is 20.0 Å². The first-order valence-corrected chi connectivity index (χ1v) is 10.4. The number of anilines is 2. The molecule has 2 N–H and O–H groups in total. The smallest absolute Gasteiger partial charge is 0.277 e. The highest BCUT2D eigenvalue weighted by Gasteiger charge is 2.24. The lowest BCUT2D eigenvalue weighted by molar-refractivity contribution is -0.892. The number of carbonyl (C=O) groups is 2. The quantitative estimate of drug-likeness (QED) is 0.717. The number of likely N-dealkylation sites (N-methyl/N-ethyl adjacent to an activating group) is 1. The molecule has 2 aromatic carbocycles. The molecule has 0 bridgehead atoms. The Kier molecular flexibility index (Phi) is 7.41. The van der Waals surface area contributed by atoms with E-state index in [1.54, 1.807) is 19.2 Å². The summed E-state index contributed by atoms with van der Waals surface area (Å²) in [5.41, 5.74) is 2.87. The van der Waals surface area contributed by atoms with E-state index in [0.29, 0.717) is 6.54 Å². The van der Waals surface area contributed by atoms with E-state index in [1.807, 2.05) is 31.2 Å². The number of nitrogens with zero attached hydrogens (tertiary/aromatic N) is 2. The molecule has 0 aromatic heterocycles. The molecule has 0 saturated carbocycles. The first-order chi connectivity index (χ1) is 14.5. The van der Waals surface area contributed by atoms with Gasteiger partial charge >= 0.3 is 0 Å². The van der Waals surface area contributed by atoms with Crippen molar-refractivity contribution < 1.29 is 18.9 Å². The minimum atomic E-state index is -0.237. The summed E-state index contributed by atoms with van der Waals surface area (Å²) in [5.74, 6) is -0.471. The van der Waals surface area contributed by atoms with Crippen LogP contribution in [-0.2, 0) is 16.0 Å². The van der Waals surface area contributed by atoms with Gasteiger partial charge in [-0.15, -0.1) is 0 Å². The molecule has 2 aromatic rings. The molecular weight excluding hydrogens is 383 g/mol. The van der Waals surface area contributed by atoms with Crippen LogP contribution in [0.3, 0.4) is 0 Å². The molecular formula is C23H30FN4O2+. The average molecular weight is 414 g/mol. The molecule has 0 spiro atoms. The SMILES string of the molecule is CCc1ccccc1NC(=O)CN(C)C(=O)C[NH+]1CCN(c2ccc(F)cc2)CC1. The second-order valence-electron chi connectivity index (χ2n) is 7.70. The average Bonchev–Trinajstić information content (AvgIpc) is 2.75. The normalized spacial score (nSPS) is 14.4. The topological polar surface area (TPSA) is 57.1 Å². The summed E-state index contributed by atoms with van der Waals surface area (Å²) >= 11 is 0. The van der Waals surface area contributed by atoms with Crippen LogP contribution in [0.1, 0.15) is 12.5 Å². The van der Waals surface area contributed by atoms with E-state index in [2.05, 4.69) is 10.2 Å². The molecule has 0 aliphatic carbocycles. The van der Waals surface area contributed by atoms with Crippen LogP contribution in [-0.4, -0.2) is 63.0 Å². The number of rotatable bonds is 7. The van der Waals surface area contributed by atoms with Crippen LogP contribution in [0.2, 0.25) is 0 Å². The van der Waals surface area contributed by atoms with Gasteiger partial charge in [0.05, 0.1) is 32.7 Å². The Morgan fingerprint density at radius 3 is 2.43 bits per heavy atom. The second-order valence-corrected chi connectivity index (χ2v) is 7.70. The number of hydrogen-bond acceptors (Lipinski definition) is 3. The monoisotopic (exact) mass is 413 g/mol. The van der Waals surface area contributed by atoms with Gasteiger partial charge in [0.2, 0.25) is 5.91 Å². The van der Waals surface area contributed by atoms with E-state index in [9.17, 15) is 14.0 Å². The molecule has 1 saturated heterocycles. The number of piperazine rings is 1. The van der Waals surface area contributed by atoms with Crippen LogP contribution in [0.4, 0.5) is 15.8 Å². The molecule has 7 heteroatoms. The van der Waals surface area contributed by atoms with Crippen LogP contribution < -0.4 is 15.1 Å². The molecule has 0 unspecified atom stereocenters.